The molecule has 0 unspecified atom stereocenters. The van der Waals surface area contributed by atoms with Gasteiger partial charge < -0.3 is 10.6 Å². The summed E-state index contributed by atoms with van der Waals surface area (Å²) in [6.45, 7) is 0.649. The van der Waals surface area contributed by atoms with Crippen LogP contribution in [-0.2, 0) is 6.54 Å². The first kappa shape index (κ1) is 14.9. The number of nitrogens with two attached hydrogens (primary N) is 1. The summed E-state index contributed by atoms with van der Waals surface area (Å²) in [5.74, 6) is 0.0403. The first-order valence-electron chi connectivity index (χ1n) is 6.08. The van der Waals surface area contributed by atoms with Gasteiger partial charge in [-0.05, 0) is 39.7 Å². The summed E-state index contributed by atoms with van der Waals surface area (Å²) in [7, 11) is 1.96. The number of hydrogen-bond acceptors (Lipinski definition) is 2. The number of nitrogens with one attached hydrogen (secondary N) is 1. The van der Waals surface area contributed by atoms with Crippen molar-refractivity contribution in [1.82, 2.24) is 0 Å². The Morgan fingerprint density at radius 3 is 2.60 bits per heavy atom. The van der Waals surface area contributed by atoms with Crippen molar-refractivity contribution in [2.45, 2.75) is 6.54 Å². The van der Waals surface area contributed by atoms with Crippen molar-refractivity contribution >= 4 is 39.1 Å². The van der Waals surface area contributed by atoms with Gasteiger partial charge in [0.25, 0.3) is 0 Å². The molecule has 0 aliphatic heterocycles. The summed E-state index contributed by atoms with van der Waals surface area (Å²) in [6.07, 6.45) is 0. The molecule has 2 aromatic rings. The highest BCUT2D eigenvalue weighted by atomic mass is 79.9. The molecule has 3 nitrogen and oxygen atoms in total. The van der Waals surface area contributed by atoms with Crippen LogP contribution in [0.15, 0.2) is 46.9 Å². The molecule has 2 aromatic carbocycles. The molecule has 0 spiro atoms. The second-order valence-corrected chi connectivity index (χ2v) is 5.76. The quantitative estimate of drug-likeness (QED) is 0.645. The number of nitrogens with zero attached hydrogens (tertiary/aromatic N) is 1. The molecular formula is C15H15BrClN3. The van der Waals surface area contributed by atoms with Crippen LogP contribution in [0.1, 0.15) is 11.1 Å². The molecule has 0 aliphatic carbocycles. The van der Waals surface area contributed by atoms with Crippen LogP contribution in [0.2, 0.25) is 5.02 Å². The summed E-state index contributed by atoms with van der Waals surface area (Å²) >= 11 is 9.63. The molecule has 0 radical (unpaired) electrons. The molecule has 0 atom stereocenters. The van der Waals surface area contributed by atoms with Crippen LogP contribution in [0.25, 0.3) is 0 Å². The van der Waals surface area contributed by atoms with E-state index in [1.807, 2.05) is 54.4 Å². The fourth-order valence-corrected chi connectivity index (χ4v) is 2.83. The Morgan fingerprint density at radius 1 is 1.25 bits per heavy atom. The zero-order valence-electron chi connectivity index (χ0n) is 11.0. The zero-order valence-corrected chi connectivity index (χ0v) is 13.4. The SMILES string of the molecule is CN(Cc1ccccc1Cl)c1cccc(Br)c1C(=N)N. The highest BCUT2D eigenvalue weighted by molar-refractivity contribution is 9.10. The second-order valence-electron chi connectivity index (χ2n) is 4.50. The third-order valence-corrected chi connectivity index (χ3v) is 4.07. The van der Waals surface area contributed by atoms with Crippen LogP contribution in [0.4, 0.5) is 5.69 Å². The van der Waals surface area contributed by atoms with E-state index in [2.05, 4.69) is 15.9 Å². The van der Waals surface area contributed by atoms with Gasteiger partial charge in [-0.25, -0.2) is 0 Å². The van der Waals surface area contributed by atoms with Gasteiger partial charge in [-0.15, -0.1) is 0 Å². The maximum atomic E-state index is 7.73. The predicted octanol–water partition coefficient (Wildman–Crippen LogP) is 4.02. The zero-order chi connectivity index (χ0) is 14.7. The van der Waals surface area contributed by atoms with Crippen LogP contribution in [0.3, 0.4) is 0 Å². The molecule has 0 amide bonds. The highest BCUT2D eigenvalue weighted by Crippen LogP contribution is 2.28. The molecule has 104 valence electrons. The Labute approximate surface area is 132 Å². The summed E-state index contributed by atoms with van der Waals surface area (Å²) in [5.41, 5.74) is 8.30. The largest absolute Gasteiger partial charge is 0.384 e. The van der Waals surface area contributed by atoms with Gasteiger partial charge in [-0.3, -0.25) is 5.41 Å². The standard InChI is InChI=1S/C15H15BrClN3/c1-20(9-10-5-2-3-7-12(10)17)13-8-4-6-11(16)14(13)15(18)19/h2-8H,9H2,1H3,(H3,18,19). The molecule has 0 aromatic heterocycles. The molecule has 0 aliphatic rings. The van der Waals surface area contributed by atoms with Crippen LogP contribution in [-0.4, -0.2) is 12.9 Å². The number of nitrogen functional groups attached to an aromatic ring is 1. The Hall–Kier alpha value is -1.52. The molecule has 5 heteroatoms. The van der Waals surface area contributed by atoms with E-state index >= 15 is 0 Å². The van der Waals surface area contributed by atoms with Gasteiger partial charge in [-0.1, -0.05) is 35.9 Å². The van der Waals surface area contributed by atoms with Gasteiger partial charge in [0.2, 0.25) is 0 Å². The van der Waals surface area contributed by atoms with Gasteiger partial charge in [0.1, 0.15) is 5.84 Å². The average Bonchev–Trinajstić information content (AvgIpc) is 2.40. The lowest BCUT2D eigenvalue weighted by atomic mass is 10.1. The first-order chi connectivity index (χ1) is 9.50. The molecular weight excluding hydrogens is 338 g/mol. The minimum atomic E-state index is 0.0403. The molecule has 0 heterocycles. The van der Waals surface area contributed by atoms with Crippen molar-refractivity contribution < 1.29 is 0 Å². The van der Waals surface area contributed by atoms with Gasteiger partial charge in [0, 0.05) is 28.8 Å². The number of anilines is 1. The number of hydrogen-bond donors (Lipinski definition) is 2. The summed E-state index contributed by atoms with van der Waals surface area (Å²) in [5, 5.41) is 8.46. The fraction of sp³-hybridized carbons (Fsp3) is 0.133. The Bertz CT molecular complexity index is 643. The van der Waals surface area contributed by atoms with E-state index in [1.54, 1.807) is 0 Å². The van der Waals surface area contributed by atoms with E-state index in [0.29, 0.717) is 12.1 Å². The topological polar surface area (TPSA) is 53.1 Å². The van der Waals surface area contributed by atoms with Crippen LogP contribution >= 0.6 is 27.5 Å². The van der Waals surface area contributed by atoms with Crippen molar-refractivity contribution in [3.8, 4) is 0 Å². The summed E-state index contributed by atoms with van der Waals surface area (Å²) < 4.78 is 0.813. The minimum absolute atomic E-state index is 0.0403. The van der Waals surface area contributed by atoms with Gasteiger partial charge >= 0.3 is 0 Å². The normalized spacial score (nSPS) is 10.3. The lowest BCUT2D eigenvalue weighted by Crippen LogP contribution is -2.22. The van der Waals surface area contributed by atoms with Crippen molar-refractivity contribution in [3.05, 3.63) is 63.1 Å². The number of amidine groups is 1. The maximum absolute atomic E-state index is 7.73. The van der Waals surface area contributed by atoms with E-state index in [-0.39, 0.29) is 5.84 Å². The number of halogens is 2. The third kappa shape index (κ3) is 3.14. The third-order valence-electron chi connectivity index (χ3n) is 3.04. The number of benzene rings is 2. The Kier molecular flexibility index (Phi) is 4.68. The smallest absolute Gasteiger partial charge is 0.126 e. The maximum Gasteiger partial charge on any atom is 0.126 e. The highest BCUT2D eigenvalue weighted by Gasteiger charge is 2.14. The fourth-order valence-electron chi connectivity index (χ4n) is 2.06. The summed E-state index contributed by atoms with van der Waals surface area (Å²) in [6, 6.07) is 13.5. The molecule has 0 bridgehead atoms. The van der Waals surface area contributed by atoms with Gasteiger partial charge in [-0.2, -0.15) is 0 Å². The first-order valence-corrected chi connectivity index (χ1v) is 7.25. The van der Waals surface area contributed by atoms with Crippen molar-refractivity contribution in [2.24, 2.45) is 5.73 Å². The monoisotopic (exact) mass is 351 g/mol. The van der Waals surface area contributed by atoms with E-state index in [4.69, 9.17) is 22.7 Å². The van der Waals surface area contributed by atoms with Crippen LogP contribution < -0.4 is 10.6 Å². The number of rotatable bonds is 4. The molecule has 20 heavy (non-hydrogen) atoms. The molecule has 0 saturated carbocycles. The average molecular weight is 353 g/mol. The predicted molar refractivity (Wildman–Crippen MR) is 88.7 cm³/mol. The van der Waals surface area contributed by atoms with Crippen molar-refractivity contribution in [1.29, 1.82) is 5.41 Å². The van der Waals surface area contributed by atoms with Crippen molar-refractivity contribution in [2.75, 3.05) is 11.9 Å². The van der Waals surface area contributed by atoms with Gasteiger partial charge in [0.15, 0.2) is 0 Å². The van der Waals surface area contributed by atoms with Crippen LogP contribution in [0.5, 0.6) is 0 Å². The molecule has 0 saturated heterocycles. The Morgan fingerprint density at radius 2 is 1.95 bits per heavy atom. The lowest BCUT2D eigenvalue weighted by Gasteiger charge is -2.23. The second kappa shape index (κ2) is 6.29. The van der Waals surface area contributed by atoms with Crippen molar-refractivity contribution in [3.63, 3.8) is 0 Å². The van der Waals surface area contributed by atoms with E-state index in [9.17, 15) is 0 Å². The van der Waals surface area contributed by atoms with E-state index in [0.717, 1.165) is 20.7 Å². The molecule has 2 rings (SSSR count). The Balaban J connectivity index is 2.35. The van der Waals surface area contributed by atoms with E-state index in [1.165, 1.54) is 0 Å². The lowest BCUT2D eigenvalue weighted by molar-refractivity contribution is 0.920. The summed E-state index contributed by atoms with van der Waals surface area (Å²) in [4.78, 5) is 2.03. The van der Waals surface area contributed by atoms with Crippen LogP contribution in [0, 0.1) is 5.41 Å². The molecule has 0 fully saturated rings. The van der Waals surface area contributed by atoms with E-state index < -0.39 is 0 Å². The minimum Gasteiger partial charge on any atom is -0.384 e. The van der Waals surface area contributed by atoms with Gasteiger partial charge in [0.05, 0.1) is 5.56 Å². The molecule has 3 N–H and O–H groups in total.